The van der Waals surface area contributed by atoms with Crippen LogP contribution in [-0.4, -0.2) is 48.9 Å². The molecule has 0 atom stereocenters. The van der Waals surface area contributed by atoms with Gasteiger partial charge in [0.1, 0.15) is 0 Å². The first kappa shape index (κ1) is 15.4. The third-order valence-corrected chi connectivity index (χ3v) is 2.61. The third kappa shape index (κ3) is 7.32. The first-order valence-corrected chi connectivity index (χ1v) is 5.85. The van der Waals surface area contributed by atoms with Crippen molar-refractivity contribution in [3.05, 3.63) is 0 Å². The Labute approximate surface area is 103 Å². The molecule has 0 unspecified atom stereocenters. The molecule has 0 heterocycles. The number of carbonyl (C=O) groups is 1. The average Bonchev–Trinajstić information content (AvgIpc) is 2.35. The van der Waals surface area contributed by atoms with E-state index >= 15 is 0 Å². The van der Waals surface area contributed by atoms with Crippen molar-refractivity contribution < 1.29 is 4.79 Å². The quantitative estimate of drug-likeness (QED) is 0.630. The molecule has 0 rings (SSSR count). The summed E-state index contributed by atoms with van der Waals surface area (Å²) >= 11 is 0. The molecule has 5 nitrogen and oxygen atoms in total. The minimum absolute atomic E-state index is 0.0515. The van der Waals surface area contributed by atoms with Gasteiger partial charge in [-0.3, -0.25) is 4.79 Å². The number of hydrogen-bond donors (Lipinski definition) is 0. The lowest BCUT2D eigenvalue weighted by atomic mass is 10.3. The Morgan fingerprint density at radius 2 is 1.71 bits per heavy atom. The van der Waals surface area contributed by atoms with Gasteiger partial charge in [-0.05, 0) is 6.54 Å². The van der Waals surface area contributed by atoms with E-state index in [1.165, 1.54) is 0 Å². The van der Waals surface area contributed by atoms with Crippen molar-refractivity contribution >= 4 is 5.91 Å². The molecular formula is C12H20N4O. The molecule has 0 aliphatic carbocycles. The number of carbonyl (C=O) groups excluding carboxylic acids is 1. The SMILES string of the molecule is CCN(CCC#N)CCC(=O)N(C)CCC#N. The van der Waals surface area contributed by atoms with Gasteiger partial charge in [0.15, 0.2) is 0 Å². The van der Waals surface area contributed by atoms with Gasteiger partial charge in [-0.25, -0.2) is 0 Å². The van der Waals surface area contributed by atoms with Crippen LogP contribution in [0.4, 0.5) is 0 Å². The van der Waals surface area contributed by atoms with Gasteiger partial charge in [0.25, 0.3) is 0 Å². The van der Waals surface area contributed by atoms with Crippen LogP contribution in [0.25, 0.3) is 0 Å². The molecule has 0 radical (unpaired) electrons. The highest BCUT2D eigenvalue weighted by molar-refractivity contribution is 5.76. The van der Waals surface area contributed by atoms with Crippen molar-refractivity contribution in [1.82, 2.24) is 9.80 Å². The first-order chi connectivity index (χ1) is 8.15. The summed E-state index contributed by atoms with van der Waals surface area (Å²) in [4.78, 5) is 15.3. The molecule has 0 bridgehead atoms. The lowest BCUT2D eigenvalue weighted by molar-refractivity contribution is -0.130. The summed E-state index contributed by atoms with van der Waals surface area (Å²) < 4.78 is 0. The number of rotatable bonds is 8. The van der Waals surface area contributed by atoms with Crippen LogP contribution >= 0.6 is 0 Å². The Morgan fingerprint density at radius 1 is 1.12 bits per heavy atom. The van der Waals surface area contributed by atoms with Crippen molar-refractivity contribution in [3.63, 3.8) is 0 Å². The van der Waals surface area contributed by atoms with Gasteiger partial charge in [0, 0.05) is 39.5 Å². The molecule has 0 saturated carbocycles. The number of amides is 1. The molecule has 0 aromatic heterocycles. The summed E-state index contributed by atoms with van der Waals surface area (Å²) in [6.45, 7) is 4.73. The number of hydrogen-bond acceptors (Lipinski definition) is 4. The van der Waals surface area contributed by atoms with Crippen LogP contribution in [0.15, 0.2) is 0 Å². The van der Waals surface area contributed by atoms with Gasteiger partial charge in [0.05, 0.1) is 18.6 Å². The zero-order valence-electron chi connectivity index (χ0n) is 10.6. The van der Waals surface area contributed by atoms with E-state index in [-0.39, 0.29) is 5.91 Å². The highest BCUT2D eigenvalue weighted by Crippen LogP contribution is 1.97. The summed E-state index contributed by atoms with van der Waals surface area (Å²) in [6, 6.07) is 4.11. The van der Waals surface area contributed by atoms with E-state index in [0.29, 0.717) is 38.9 Å². The highest BCUT2D eigenvalue weighted by Gasteiger charge is 2.10. The molecule has 0 aromatic rings. The van der Waals surface area contributed by atoms with Gasteiger partial charge in [-0.15, -0.1) is 0 Å². The van der Waals surface area contributed by atoms with Crippen LogP contribution in [0, 0.1) is 22.7 Å². The summed E-state index contributed by atoms with van der Waals surface area (Å²) in [6.07, 6.45) is 1.31. The minimum Gasteiger partial charge on any atom is -0.345 e. The zero-order valence-corrected chi connectivity index (χ0v) is 10.6. The van der Waals surface area contributed by atoms with E-state index < -0.39 is 0 Å². The lowest BCUT2D eigenvalue weighted by Crippen LogP contribution is -2.33. The molecule has 0 spiro atoms. The summed E-state index contributed by atoms with van der Waals surface area (Å²) in [7, 11) is 1.71. The molecule has 0 aliphatic heterocycles. The Morgan fingerprint density at radius 3 is 2.24 bits per heavy atom. The highest BCUT2D eigenvalue weighted by atomic mass is 16.2. The molecule has 0 aliphatic rings. The average molecular weight is 236 g/mol. The van der Waals surface area contributed by atoms with Gasteiger partial charge < -0.3 is 9.80 Å². The second-order valence-corrected chi connectivity index (χ2v) is 3.82. The predicted molar refractivity (Wildman–Crippen MR) is 64.8 cm³/mol. The van der Waals surface area contributed by atoms with E-state index in [1.807, 2.05) is 13.0 Å². The topological polar surface area (TPSA) is 71.1 Å². The number of nitrogens with zero attached hydrogens (tertiary/aromatic N) is 4. The van der Waals surface area contributed by atoms with Crippen LogP contribution in [-0.2, 0) is 4.79 Å². The normalized spacial score (nSPS) is 9.71. The summed E-state index contributed by atoms with van der Waals surface area (Å²) in [5.41, 5.74) is 0. The molecule has 0 N–H and O–H groups in total. The minimum atomic E-state index is 0.0515. The fraction of sp³-hybridized carbons (Fsp3) is 0.750. The van der Waals surface area contributed by atoms with Gasteiger partial charge >= 0.3 is 0 Å². The molecule has 1 amide bonds. The van der Waals surface area contributed by atoms with E-state index in [0.717, 1.165) is 6.54 Å². The maximum Gasteiger partial charge on any atom is 0.223 e. The van der Waals surface area contributed by atoms with Gasteiger partial charge in [-0.2, -0.15) is 10.5 Å². The molecule has 0 fully saturated rings. The van der Waals surface area contributed by atoms with Crippen molar-refractivity contribution in [2.24, 2.45) is 0 Å². The van der Waals surface area contributed by atoms with Crippen LogP contribution in [0.1, 0.15) is 26.2 Å². The molecule has 94 valence electrons. The molecule has 0 saturated heterocycles. The Kier molecular flexibility index (Phi) is 8.72. The Hall–Kier alpha value is -1.59. The predicted octanol–water partition coefficient (Wildman–Crippen LogP) is 0.984. The van der Waals surface area contributed by atoms with Crippen LogP contribution in [0.5, 0.6) is 0 Å². The van der Waals surface area contributed by atoms with Crippen molar-refractivity contribution in [1.29, 1.82) is 10.5 Å². The van der Waals surface area contributed by atoms with E-state index in [2.05, 4.69) is 11.0 Å². The van der Waals surface area contributed by atoms with E-state index in [1.54, 1.807) is 11.9 Å². The standard InChI is InChI=1S/C12H20N4O/c1-3-16(10-5-8-14)11-6-12(17)15(2)9-4-7-13/h3-6,9-11H2,1-2H3. The smallest absolute Gasteiger partial charge is 0.223 e. The monoisotopic (exact) mass is 236 g/mol. The van der Waals surface area contributed by atoms with Crippen molar-refractivity contribution in [2.45, 2.75) is 26.2 Å². The van der Waals surface area contributed by atoms with Crippen molar-refractivity contribution in [2.75, 3.05) is 33.2 Å². The van der Waals surface area contributed by atoms with E-state index in [4.69, 9.17) is 10.5 Å². The Balaban J connectivity index is 3.88. The summed E-state index contributed by atoms with van der Waals surface area (Å²) in [5.74, 6) is 0.0515. The largest absolute Gasteiger partial charge is 0.345 e. The molecular weight excluding hydrogens is 216 g/mol. The molecule has 17 heavy (non-hydrogen) atoms. The van der Waals surface area contributed by atoms with Crippen LogP contribution in [0.2, 0.25) is 0 Å². The first-order valence-electron chi connectivity index (χ1n) is 5.85. The zero-order chi connectivity index (χ0) is 13.1. The van der Waals surface area contributed by atoms with Crippen LogP contribution in [0.3, 0.4) is 0 Å². The second kappa shape index (κ2) is 9.62. The number of nitriles is 2. The van der Waals surface area contributed by atoms with Gasteiger partial charge in [-0.1, -0.05) is 6.92 Å². The van der Waals surface area contributed by atoms with Crippen LogP contribution < -0.4 is 0 Å². The fourth-order valence-electron chi connectivity index (χ4n) is 1.42. The third-order valence-electron chi connectivity index (χ3n) is 2.61. The second-order valence-electron chi connectivity index (χ2n) is 3.82. The fourth-order valence-corrected chi connectivity index (χ4v) is 1.42. The van der Waals surface area contributed by atoms with Gasteiger partial charge in [0.2, 0.25) is 5.91 Å². The molecule has 5 heteroatoms. The maximum absolute atomic E-state index is 11.7. The van der Waals surface area contributed by atoms with E-state index in [9.17, 15) is 4.79 Å². The maximum atomic E-state index is 11.7. The molecule has 0 aromatic carbocycles. The lowest BCUT2D eigenvalue weighted by Gasteiger charge is -2.21. The summed E-state index contributed by atoms with van der Waals surface area (Å²) in [5, 5.41) is 16.9. The van der Waals surface area contributed by atoms with Crippen molar-refractivity contribution in [3.8, 4) is 12.1 Å². The Bertz CT molecular complexity index is 303.